The second-order valence-electron chi connectivity index (χ2n) is 7.89. The smallest absolute Gasteiger partial charge is 0.410 e. The Balaban J connectivity index is 1.99. The summed E-state index contributed by atoms with van der Waals surface area (Å²) in [5.41, 5.74) is 2.99. The predicted molar refractivity (Wildman–Crippen MR) is 112 cm³/mol. The third-order valence-corrected chi connectivity index (χ3v) is 4.14. The van der Waals surface area contributed by atoms with Gasteiger partial charge in [-0.05, 0) is 38.3 Å². The molecule has 2 rings (SSSR count). The summed E-state index contributed by atoms with van der Waals surface area (Å²) >= 11 is 0. The summed E-state index contributed by atoms with van der Waals surface area (Å²) in [5, 5.41) is 0. The van der Waals surface area contributed by atoms with Crippen LogP contribution in [0.15, 0.2) is 54.6 Å². The van der Waals surface area contributed by atoms with Gasteiger partial charge in [-0.1, -0.05) is 60.1 Å². The highest BCUT2D eigenvalue weighted by Crippen LogP contribution is 2.23. The molecule has 0 saturated heterocycles. The molecular weight excluding hydrogens is 337 g/mol. The lowest BCUT2D eigenvalue weighted by Gasteiger charge is -2.26. The minimum Gasteiger partial charge on any atom is -0.444 e. The van der Waals surface area contributed by atoms with Crippen LogP contribution < -0.4 is 5.46 Å². The molecule has 0 fully saturated rings. The molecule has 4 nitrogen and oxygen atoms in total. The highest BCUT2D eigenvalue weighted by atomic mass is 16.6. The maximum Gasteiger partial charge on any atom is 0.410 e. The molecule has 0 heterocycles. The first-order valence-corrected chi connectivity index (χ1v) is 9.41. The van der Waals surface area contributed by atoms with Gasteiger partial charge in [0.25, 0.3) is 0 Å². The normalized spacial score (nSPS) is 12.4. The molecule has 2 aromatic carbocycles. The average Bonchev–Trinajstić information content (AvgIpc) is 2.61. The maximum atomic E-state index is 12.2. The first-order chi connectivity index (χ1) is 12.7. The lowest BCUT2D eigenvalue weighted by molar-refractivity contribution is 0.0138. The number of hydrogen-bond acceptors (Lipinski definition) is 3. The van der Waals surface area contributed by atoms with Crippen LogP contribution in [0.3, 0.4) is 0 Å². The van der Waals surface area contributed by atoms with Crippen molar-refractivity contribution in [1.29, 1.82) is 0 Å². The van der Waals surface area contributed by atoms with E-state index in [0.717, 1.165) is 11.1 Å². The molecule has 0 aliphatic rings. The zero-order valence-electron chi connectivity index (χ0n) is 17.1. The van der Waals surface area contributed by atoms with Crippen molar-refractivity contribution in [2.45, 2.75) is 45.5 Å². The largest absolute Gasteiger partial charge is 0.444 e. The van der Waals surface area contributed by atoms with Crippen molar-refractivity contribution < 1.29 is 14.3 Å². The third-order valence-electron chi connectivity index (χ3n) is 4.14. The Morgan fingerprint density at radius 1 is 1.11 bits per heavy atom. The van der Waals surface area contributed by atoms with Gasteiger partial charge in [0.15, 0.2) is 0 Å². The van der Waals surface area contributed by atoms with Crippen LogP contribution in [0.25, 0.3) is 0 Å². The van der Waals surface area contributed by atoms with Crippen LogP contribution in [-0.2, 0) is 16.1 Å². The molecule has 1 atom stereocenters. The standard InChI is InChI=1S/C22H30BNO3/c1-22(2,3)27-21(25)24(4)14-13-20(18-10-6-5-7-11-18)26-16-17-9-8-12-19(23)15-17/h5-12,15,20H,13-14,16,23H2,1-4H3. The topological polar surface area (TPSA) is 38.8 Å². The van der Waals surface area contributed by atoms with Crippen LogP contribution in [0, 0.1) is 0 Å². The van der Waals surface area contributed by atoms with Crippen LogP contribution in [-0.4, -0.2) is 38.0 Å². The van der Waals surface area contributed by atoms with E-state index >= 15 is 0 Å². The average molecular weight is 367 g/mol. The molecule has 5 heteroatoms. The number of amides is 1. The van der Waals surface area contributed by atoms with E-state index in [1.165, 1.54) is 5.46 Å². The molecule has 1 amide bonds. The molecular formula is C22H30BNO3. The number of ether oxygens (including phenoxy) is 2. The predicted octanol–water partition coefficient (Wildman–Crippen LogP) is 3.46. The summed E-state index contributed by atoms with van der Waals surface area (Å²) in [6.07, 6.45) is 0.301. The third kappa shape index (κ3) is 7.47. The first kappa shape index (κ1) is 21.0. The Labute approximate surface area is 163 Å². The fourth-order valence-corrected chi connectivity index (χ4v) is 2.75. The zero-order chi connectivity index (χ0) is 19.9. The van der Waals surface area contributed by atoms with Gasteiger partial charge in [0, 0.05) is 13.6 Å². The molecule has 0 N–H and O–H groups in total. The second-order valence-corrected chi connectivity index (χ2v) is 7.89. The Bertz CT molecular complexity index is 728. The van der Waals surface area contributed by atoms with Crippen molar-refractivity contribution in [1.82, 2.24) is 4.90 Å². The van der Waals surface area contributed by atoms with Crippen molar-refractivity contribution >= 4 is 19.4 Å². The number of carbonyl (C=O) groups excluding carboxylic acids is 1. The summed E-state index contributed by atoms with van der Waals surface area (Å²) in [4.78, 5) is 13.8. The van der Waals surface area contributed by atoms with Gasteiger partial charge in [-0.2, -0.15) is 0 Å². The fraction of sp³-hybridized carbons (Fsp3) is 0.409. The second kappa shape index (κ2) is 9.61. The van der Waals surface area contributed by atoms with Gasteiger partial charge < -0.3 is 14.4 Å². The van der Waals surface area contributed by atoms with E-state index in [-0.39, 0.29) is 12.2 Å². The molecule has 27 heavy (non-hydrogen) atoms. The molecule has 144 valence electrons. The highest BCUT2D eigenvalue weighted by molar-refractivity contribution is 6.32. The van der Waals surface area contributed by atoms with E-state index in [2.05, 4.69) is 38.2 Å². The van der Waals surface area contributed by atoms with Crippen molar-refractivity contribution in [2.24, 2.45) is 0 Å². The number of carbonyl (C=O) groups is 1. The molecule has 2 aromatic rings. The van der Waals surface area contributed by atoms with Crippen molar-refractivity contribution in [3.63, 3.8) is 0 Å². The Hall–Kier alpha value is -2.27. The first-order valence-electron chi connectivity index (χ1n) is 9.41. The van der Waals surface area contributed by atoms with Crippen molar-refractivity contribution in [3.05, 3.63) is 65.7 Å². The van der Waals surface area contributed by atoms with Crippen LogP contribution in [0.4, 0.5) is 4.79 Å². The maximum absolute atomic E-state index is 12.2. The summed E-state index contributed by atoms with van der Waals surface area (Å²) in [7, 11) is 3.84. The minimum absolute atomic E-state index is 0.0865. The SMILES string of the molecule is Bc1cccc(COC(CCN(C)C(=O)OC(C)(C)C)c2ccccc2)c1. The number of benzene rings is 2. The van der Waals surface area contributed by atoms with Crippen LogP contribution >= 0.6 is 0 Å². The molecule has 0 aliphatic carbocycles. The van der Waals surface area contributed by atoms with Gasteiger partial charge in [-0.25, -0.2) is 4.79 Å². The van der Waals surface area contributed by atoms with Gasteiger partial charge in [0.1, 0.15) is 13.4 Å². The zero-order valence-corrected chi connectivity index (χ0v) is 17.1. The van der Waals surface area contributed by atoms with Crippen LogP contribution in [0.2, 0.25) is 0 Å². The minimum atomic E-state index is -0.494. The lowest BCUT2D eigenvalue weighted by atomic mass is 9.95. The highest BCUT2D eigenvalue weighted by Gasteiger charge is 2.21. The molecule has 0 saturated carbocycles. The molecule has 0 aromatic heterocycles. The van der Waals surface area contributed by atoms with Crippen molar-refractivity contribution in [3.8, 4) is 0 Å². The number of rotatable bonds is 7. The lowest BCUT2D eigenvalue weighted by Crippen LogP contribution is -2.35. The van der Waals surface area contributed by atoms with Gasteiger partial charge >= 0.3 is 6.09 Å². The van der Waals surface area contributed by atoms with Gasteiger partial charge in [-0.15, -0.1) is 0 Å². The molecule has 1 unspecified atom stereocenters. The van der Waals surface area contributed by atoms with Crippen LogP contribution in [0.5, 0.6) is 0 Å². The summed E-state index contributed by atoms with van der Waals surface area (Å²) in [6, 6.07) is 18.5. The van der Waals surface area contributed by atoms with E-state index in [4.69, 9.17) is 9.47 Å². The molecule has 0 radical (unpaired) electrons. The monoisotopic (exact) mass is 367 g/mol. The molecule has 0 aliphatic heterocycles. The summed E-state index contributed by atoms with van der Waals surface area (Å²) in [6.45, 7) is 6.71. The van der Waals surface area contributed by atoms with Gasteiger partial charge in [0.05, 0.1) is 12.7 Å². The van der Waals surface area contributed by atoms with Gasteiger partial charge in [0.2, 0.25) is 0 Å². The summed E-state index contributed by atoms with van der Waals surface area (Å²) in [5.74, 6) is 0. The quantitative estimate of drug-likeness (QED) is 0.704. The van der Waals surface area contributed by atoms with E-state index < -0.39 is 5.60 Å². The van der Waals surface area contributed by atoms with E-state index in [1.54, 1.807) is 11.9 Å². The number of hydrogen-bond donors (Lipinski definition) is 0. The Kier molecular flexibility index (Phi) is 7.49. The Morgan fingerprint density at radius 3 is 2.44 bits per heavy atom. The fourth-order valence-electron chi connectivity index (χ4n) is 2.75. The van der Waals surface area contributed by atoms with E-state index in [9.17, 15) is 4.79 Å². The summed E-state index contributed by atoms with van der Waals surface area (Å²) < 4.78 is 11.6. The van der Waals surface area contributed by atoms with Crippen LogP contribution in [0.1, 0.15) is 44.4 Å². The van der Waals surface area contributed by atoms with E-state index in [0.29, 0.717) is 19.6 Å². The van der Waals surface area contributed by atoms with E-state index in [1.807, 2.05) is 45.0 Å². The van der Waals surface area contributed by atoms with Gasteiger partial charge in [-0.3, -0.25) is 0 Å². The van der Waals surface area contributed by atoms with Crippen molar-refractivity contribution in [2.75, 3.05) is 13.6 Å². The number of nitrogens with zero attached hydrogens (tertiary/aromatic N) is 1. The Morgan fingerprint density at radius 2 is 1.81 bits per heavy atom. The molecule has 0 spiro atoms. The molecule has 0 bridgehead atoms.